The molecular weight excluding hydrogens is 318 g/mol. The number of H-pyrrole nitrogens is 1. The molecule has 3 aromatic rings. The van der Waals surface area contributed by atoms with Crippen molar-refractivity contribution in [2.75, 3.05) is 10.0 Å². The molecule has 118 valence electrons. The third-order valence-electron chi connectivity index (χ3n) is 3.06. The number of nitrogens with zero attached hydrogens (tertiary/aromatic N) is 1. The summed E-state index contributed by atoms with van der Waals surface area (Å²) >= 11 is 0. The summed E-state index contributed by atoms with van der Waals surface area (Å²) < 4.78 is 24.1. The average molecular weight is 331 g/mol. The highest BCUT2D eigenvalue weighted by atomic mass is 32.2. The van der Waals surface area contributed by atoms with E-state index in [1.165, 1.54) is 6.07 Å². The maximum absolute atomic E-state index is 11.3. The van der Waals surface area contributed by atoms with Crippen molar-refractivity contribution in [1.29, 1.82) is 0 Å². The van der Waals surface area contributed by atoms with Crippen LogP contribution >= 0.6 is 0 Å². The number of pyridine rings is 2. The molecule has 0 fully saturated rings. The Balaban J connectivity index is 1.89. The number of anilines is 3. The minimum Gasteiger partial charge on any atom is -0.355 e. The minimum atomic E-state index is -3.79. The maximum Gasteiger partial charge on any atom is 0.296 e. The molecule has 0 bridgehead atoms. The fraction of sp³-hybridized carbons (Fsp3) is 0. The van der Waals surface area contributed by atoms with Gasteiger partial charge in [0.05, 0.1) is 5.69 Å². The molecule has 3 rings (SSSR count). The molecule has 9 heteroatoms. The van der Waals surface area contributed by atoms with E-state index in [0.29, 0.717) is 11.3 Å². The van der Waals surface area contributed by atoms with Gasteiger partial charge in [-0.3, -0.25) is 9.52 Å². The summed E-state index contributed by atoms with van der Waals surface area (Å²) in [5.74, 6) is 0. The Morgan fingerprint density at radius 3 is 2.39 bits per heavy atom. The molecule has 0 amide bonds. The number of hydrogen-bond donors (Lipinski definition) is 4. The average Bonchev–Trinajstić information content (AvgIpc) is 2.48. The molecule has 0 aliphatic heterocycles. The van der Waals surface area contributed by atoms with Crippen molar-refractivity contribution < 1.29 is 8.42 Å². The molecule has 2 heterocycles. The SMILES string of the molecule is NS(=O)(=O)Nc1ccc(Nc2ccnc3[nH]c(=O)ccc23)cc1. The number of hydrogen-bond acceptors (Lipinski definition) is 5. The molecule has 0 aliphatic carbocycles. The number of nitrogens with two attached hydrogens (primary N) is 1. The lowest BCUT2D eigenvalue weighted by molar-refractivity contribution is 0.603. The van der Waals surface area contributed by atoms with Crippen molar-refractivity contribution in [2.45, 2.75) is 0 Å². The van der Waals surface area contributed by atoms with Crippen LogP contribution in [0.5, 0.6) is 0 Å². The van der Waals surface area contributed by atoms with Gasteiger partial charge in [0.25, 0.3) is 10.2 Å². The summed E-state index contributed by atoms with van der Waals surface area (Å²) in [6.45, 7) is 0. The van der Waals surface area contributed by atoms with Crippen molar-refractivity contribution in [1.82, 2.24) is 9.97 Å². The standard InChI is InChI=1S/C14H13N5O3S/c15-23(21,22)19-10-3-1-9(2-4-10)17-12-7-8-16-14-11(12)5-6-13(20)18-14/h1-8,19H,(H2,15,21,22)(H2,16,17,18,20). The first kappa shape index (κ1) is 15.0. The number of benzene rings is 1. The molecule has 0 aliphatic rings. The van der Waals surface area contributed by atoms with Crippen molar-refractivity contribution >= 4 is 38.3 Å². The Labute approximate surface area is 131 Å². The Hall–Kier alpha value is -2.91. The molecule has 2 aromatic heterocycles. The van der Waals surface area contributed by atoms with Crippen LogP contribution < -0.4 is 20.7 Å². The van der Waals surface area contributed by atoms with Gasteiger partial charge in [-0.25, -0.2) is 10.1 Å². The highest BCUT2D eigenvalue weighted by Gasteiger charge is 2.05. The van der Waals surface area contributed by atoms with Crippen LogP contribution in [0.25, 0.3) is 11.0 Å². The number of rotatable bonds is 4. The summed E-state index contributed by atoms with van der Waals surface area (Å²) in [6.07, 6.45) is 1.58. The third-order valence-corrected chi connectivity index (χ3v) is 3.58. The Morgan fingerprint density at radius 1 is 1.00 bits per heavy atom. The first-order valence-corrected chi connectivity index (χ1v) is 8.11. The van der Waals surface area contributed by atoms with Crippen LogP contribution in [0.15, 0.2) is 53.5 Å². The third kappa shape index (κ3) is 3.65. The molecule has 1 aromatic carbocycles. The zero-order chi connectivity index (χ0) is 16.4. The molecule has 0 saturated carbocycles. The van der Waals surface area contributed by atoms with Gasteiger partial charge in [-0.15, -0.1) is 0 Å². The predicted octanol–water partition coefficient (Wildman–Crippen LogP) is 1.28. The Kier molecular flexibility index (Phi) is 3.72. The van der Waals surface area contributed by atoms with Gasteiger partial charge in [0.15, 0.2) is 0 Å². The molecule has 5 N–H and O–H groups in total. The van der Waals surface area contributed by atoms with Crippen LogP contribution in [0.3, 0.4) is 0 Å². The second-order valence-electron chi connectivity index (χ2n) is 4.79. The predicted molar refractivity (Wildman–Crippen MR) is 88.8 cm³/mol. The number of aromatic nitrogens is 2. The summed E-state index contributed by atoms with van der Waals surface area (Å²) in [7, 11) is -3.79. The number of nitrogens with one attached hydrogen (secondary N) is 3. The van der Waals surface area contributed by atoms with E-state index in [0.717, 1.165) is 16.8 Å². The van der Waals surface area contributed by atoms with Gasteiger partial charge in [0.2, 0.25) is 5.56 Å². The van der Waals surface area contributed by atoms with Crippen LogP contribution in [-0.2, 0) is 10.2 Å². The second kappa shape index (κ2) is 5.71. The lowest BCUT2D eigenvalue weighted by Gasteiger charge is -2.10. The normalized spacial score (nSPS) is 11.3. The van der Waals surface area contributed by atoms with Gasteiger partial charge >= 0.3 is 0 Å². The van der Waals surface area contributed by atoms with Gasteiger partial charge in [-0.05, 0) is 36.4 Å². The van der Waals surface area contributed by atoms with E-state index in [-0.39, 0.29) is 5.56 Å². The Morgan fingerprint density at radius 2 is 1.70 bits per heavy atom. The molecule has 0 radical (unpaired) electrons. The van der Waals surface area contributed by atoms with Crippen molar-refractivity contribution in [3.05, 3.63) is 59.0 Å². The Bertz CT molecular complexity index is 1010. The zero-order valence-corrected chi connectivity index (χ0v) is 12.6. The summed E-state index contributed by atoms with van der Waals surface area (Å²) in [5.41, 5.74) is 2.12. The molecular formula is C14H13N5O3S. The first-order valence-electron chi connectivity index (χ1n) is 6.56. The summed E-state index contributed by atoms with van der Waals surface area (Å²) in [5, 5.41) is 8.86. The van der Waals surface area contributed by atoms with Crippen molar-refractivity contribution in [3.63, 3.8) is 0 Å². The number of fused-ring (bicyclic) bond motifs is 1. The van der Waals surface area contributed by atoms with E-state index in [1.807, 2.05) is 0 Å². The number of aromatic amines is 1. The zero-order valence-electron chi connectivity index (χ0n) is 11.8. The van der Waals surface area contributed by atoms with Gasteiger partial charge in [0, 0.05) is 29.0 Å². The highest BCUT2D eigenvalue weighted by Crippen LogP contribution is 2.24. The van der Waals surface area contributed by atoms with Crippen LogP contribution in [0, 0.1) is 0 Å². The molecule has 0 atom stereocenters. The topological polar surface area (TPSA) is 130 Å². The molecule has 23 heavy (non-hydrogen) atoms. The van der Waals surface area contributed by atoms with Gasteiger partial charge in [-0.2, -0.15) is 8.42 Å². The summed E-state index contributed by atoms with van der Waals surface area (Å²) in [6, 6.07) is 11.4. The molecule has 0 saturated heterocycles. The largest absolute Gasteiger partial charge is 0.355 e. The van der Waals surface area contributed by atoms with E-state index >= 15 is 0 Å². The second-order valence-corrected chi connectivity index (χ2v) is 6.09. The van der Waals surface area contributed by atoms with Crippen LogP contribution in [0.2, 0.25) is 0 Å². The molecule has 8 nitrogen and oxygen atoms in total. The van der Waals surface area contributed by atoms with Gasteiger partial charge in [-0.1, -0.05) is 0 Å². The summed E-state index contributed by atoms with van der Waals surface area (Å²) in [4.78, 5) is 18.1. The fourth-order valence-corrected chi connectivity index (χ4v) is 2.57. The quantitative estimate of drug-likeness (QED) is 0.572. The lowest BCUT2D eigenvalue weighted by atomic mass is 10.2. The van der Waals surface area contributed by atoms with Gasteiger partial charge < -0.3 is 10.3 Å². The van der Waals surface area contributed by atoms with E-state index in [9.17, 15) is 13.2 Å². The van der Waals surface area contributed by atoms with E-state index in [4.69, 9.17) is 5.14 Å². The lowest BCUT2D eigenvalue weighted by Crippen LogP contribution is -2.21. The molecule has 0 spiro atoms. The monoisotopic (exact) mass is 331 g/mol. The van der Waals surface area contributed by atoms with Crippen LogP contribution in [0.1, 0.15) is 0 Å². The van der Waals surface area contributed by atoms with Crippen LogP contribution in [0.4, 0.5) is 17.1 Å². The molecule has 0 unspecified atom stereocenters. The minimum absolute atomic E-state index is 0.222. The van der Waals surface area contributed by atoms with E-state index < -0.39 is 10.2 Å². The van der Waals surface area contributed by atoms with Crippen molar-refractivity contribution in [3.8, 4) is 0 Å². The van der Waals surface area contributed by atoms with E-state index in [1.54, 1.807) is 42.6 Å². The maximum atomic E-state index is 11.3. The van der Waals surface area contributed by atoms with Gasteiger partial charge in [0.1, 0.15) is 5.65 Å². The highest BCUT2D eigenvalue weighted by molar-refractivity contribution is 7.90. The van der Waals surface area contributed by atoms with E-state index in [2.05, 4.69) is 20.0 Å². The van der Waals surface area contributed by atoms with Crippen molar-refractivity contribution in [2.24, 2.45) is 5.14 Å². The fourth-order valence-electron chi connectivity index (χ4n) is 2.11. The smallest absolute Gasteiger partial charge is 0.296 e. The first-order chi connectivity index (χ1) is 10.9. The van der Waals surface area contributed by atoms with Crippen LogP contribution in [-0.4, -0.2) is 18.4 Å².